The molecule has 0 radical (unpaired) electrons. The van der Waals surface area contributed by atoms with Crippen LogP contribution in [0.5, 0.6) is 0 Å². The molecule has 356 valence electrons. The maximum Gasteiger partial charge on any atom is 0.306 e. The molecule has 0 unspecified atom stereocenters. The molecule has 0 heterocycles. The third-order valence-electron chi connectivity index (χ3n) is 12.1. The Morgan fingerprint density at radius 3 is 0.717 bits per heavy atom. The first-order valence-corrected chi connectivity index (χ1v) is 26.6. The summed E-state index contributed by atoms with van der Waals surface area (Å²) in [6.07, 6.45) is 45.2. The number of hydrogen-bond donors (Lipinski definition) is 0. The predicted molar refractivity (Wildman–Crippen MR) is 256 cm³/mol. The first-order chi connectivity index (χ1) is 29.1. The van der Waals surface area contributed by atoms with E-state index >= 15 is 0 Å². The highest BCUT2D eigenvalue weighted by molar-refractivity contribution is 5.71. The smallest absolute Gasteiger partial charge is 0.306 e. The normalized spacial score (nSPS) is 12.2. The quantitative estimate of drug-likeness (QED) is 0.0345. The number of ether oxygens (including phenoxy) is 3. The van der Waals surface area contributed by atoms with Gasteiger partial charge in [0.15, 0.2) is 6.10 Å². The molecule has 0 aromatic heterocycles. The Labute approximate surface area is 374 Å². The average Bonchev–Trinajstić information content (AvgIpc) is 3.20. The average molecular weight is 849 g/mol. The van der Waals surface area contributed by atoms with Gasteiger partial charge in [-0.15, -0.1) is 0 Å². The van der Waals surface area contributed by atoms with Crippen LogP contribution in [-0.4, -0.2) is 37.2 Å². The van der Waals surface area contributed by atoms with Crippen molar-refractivity contribution < 1.29 is 28.6 Å². The van der Waals surface area contributed by atoms with Gasteiger partial charge in [-0.3, -0.25) is 14.4 Å². The maximum atomic E-state index is 12.8. The first kappa shape index (κ1) is 58.4. The molecular weight excluding hydrogens is 745 g/mol. The molecule has 1 atom stereocenters. The number of carbonyl (C=O) groups is 3. The molecule has 0 bridgehead atoms. The van der Waals surface area contributed by atoms with Crippen LogP contribution in [-0.2, 0) is 28.6 Å². The van der Waals surface area contributed by atoms with Crippen molar-refractivity contribution in [2.24, 2.45) is 17.8 Å². The first-order valence-electron chi connectivity index (χ1n) is 26.6. The van der Waals surface area contributed by atoms with Gasteiger partial charge >= 0.3 is 17.9 Å². The molecule has 0 rings (SSSR count). The van der Waals surface area contributed by atoms with Gasteiger partial charge in [-0.05, 0) is 37.0 Å². The zero-order chi connectivity index (χ0) is 44.2. The number of hydrogen-bond acceptors (Lipinski definition) is 6. The van der Waals surface area contributed by atoms with E-state index in [0.29, 0.717) is 19.3 Å². The molecule has 6 heteroatoms. The SMILES string of the molecule is CC(C)CCCCCCCCCCCCCCC(=O)OC[C@H](COC(=O)CCCCCCCCCCCCCC(C)C)OC(=O)CCCCCCCCCCCCC(C)C. The molecule has 60 heavy (non-hydrogen) atoms. The van der Waals surface area contributed by atoms with Crippen LogP contribution in [0, 0.1) is 17.8 Å². The zero-order valence-corrected chi connectivity index (χ0v) is 41.3. The summed E-state index contributed by atoms with van der Waals surface area (Å²) in [4.78, 5) is 38.0. The standard InChI is InChI=1S/C54H104O6/c1-48(2)40-34-28-22-16-10-7-8-12-19-25-31-37-43-52(55)58-46-51(60-54(57)45-39-33-27-21-15-14-18-24-30-36-42-50(5)6)47-59-53(56)44-38-32-26-20-13-9-11-17-23-29-35-41-49(3)4/h48-51H,7-47H2,1-6H3/t51-/m1/s1. The van der Waals surface area contributed by atoms with Crippen molar-refractivity contribution in [1.82, 2.24) is 0 Å². The highest BCUT2D eigenvalue weighted by Gasteiger charge is 2.19. The second-order valence-electron chi connectivity index (χ2n) is 19.9. The van der Waals surface area contributed by atoms with Crippen LogP contribution in [0.1, 0.15) is 292 Å². The molecule has 0 aromatic carbocycles. The van der Waals surface area contributed by atoms with E-state index in [0.717, 1.165) is 75.5 Å². The summed E-state index contributed by atoms with van der Waals surface area (Å²) in [7, 11) is 0. The molecule has 0 fully saturated rings. The number of rotatable bonds is 47. The Kier molecular flexibility index (Phi) is 44.2. The fourth-order valence-corrected chi connectivity index (χ4v) is 8.12. The maximum absolute atomic E-state index is 12.8. The summed E-state index contributed by atoms with van der Waals surface area (Å²) >= 11 is 0. The van der Waals surface area contributed by atoms with Crippen molar-refractivity contribution in [2.75, 3.05) is 13.2 Å². The molecular formula is C54H104O6. The second-order valence-corrected chi connectivity index (χ2v) is 19.9. The van der Waals surface area contributed by atoms with Crippen molar-refractivity contribution in [1.29, 1.82) is 0 Å². The molecule has 6 nitrogen and oxygen atoms in total. The monoisotopic (exact) mass is 849 g/mol. The van der Waals surface area contributed by atoms with Gasteiger partial charge in [-0.1, -0.05) is 253 Å². The summed E-state index contributed by atoms with van der Waals surface area (Å²) in [5.74, 6) is 1.63. The van der Waals surface area contributed by atoms with Gasteiger partial charge in [0.25, 0.3) is 0 Å². The van der Waals surface area contributed by atoms with Crippen LogP contribution >= 0.6 is 0 Å². The van der Waals surface area contributed by atoms with Crippen molar-refractivity contribution in [2.45, 2.75) is 298 Å². The Morgan fingerprint density at radius 1 is 0.283 bits per heavy atom. The van der Waals surface area contributed by atoms with E-state index in [1.54, 1.807) is 0 Å². The van der Waals surface area contributed by atoms with Crippen LogP contribution in [0.25, 0.3) is 0 Å². The molecule has 0 aromatic rings. The second kappa shape index (κ2) is 45.4. The molecule has 0 saturated carbocycles. The third-order valence-corrected chi connectivity index (χ3v) is 12.1. The largest absolute Gasteiger partial charge is 0.462 e. The molecule has 0 spiro atoms. The van der Waals surface area contributed by atoms with Crippen LogP contribution in [0.3, 0.4) is 0 Å². The van der Waals surface area contributed by atoms with E-state index in [4.69, 9.17) is 14.2 Å². The molecule has 0 saturated heterocycles. The molecule has 0 N–H and O–H groups in total. The Hall–Kier alpha value is -1.59. The fourth-order valence-electron chi connectivity index (χ4n) is 8.12. The lowest BCUT2D eigenvalue weighted by atomic mass is 10.0. The van der Waals surface area contributed by atoms with Gasteiger partial charge in [0.1, 0.15) is 13.2 Å². The fraction of sp³-hybridized carbons (Fsp3) is 0.944. The van der Waals surface area contributed by atoms with E-state index in [2.05, 4.69) is 41.5 Å². The van der Waals surface area contributed by atoms with Gasteiger partial charge in [-0.25, -0.2) is 0 Å². The lowest BCUT2D eigenvalue weighted by molar-refractivity contribution is -0.167. The summed E-state index contributed by atoms with van der Waals surface area (Å²) < 4.78 is 16.8. The molecule has 0 aliphatic heterocycles. The van der Waals surface area contributed by atoms with E-state index in [1.165, 1.54) is 173 Å². The highest BCUT2D eigenvalue weighted by Crippen LogP contribution is 2.18. The van der Waals surface area contributed by atoms with E-state index in [1.807, 2.05) is 0 Å². The van der Waals surface area contributed by atoms with Crippen molar-refractivity contribution >= 4 is 17.9 Å². The molecule has 0 aliphatic rings. The summed E-state index contributed by atoms with van der Waals surface area (Å²) in [6.45, 7) is 13.7. The van der Waals surface area contributed by atoms with Gasteiger partial charge in [0, 0.05) is 19.3 Å². The minimum Gasteiger partial charge on any atom is -0.462 e. The number of carbonyl (C=O) groups excluding carboxylic acids is 3. The summed E-state index contributed by atoms with van der Waals surface area (Å²) in [6, 6.07) is 0. The lowest BCUT2D eigenvalue weighted by Crippen LogP contribution is -2.30. The van der Waals surface area contributed by atoms with E-state index < -0.39 is 6.10 Å². The Morgan fingerprint density at radius 2 is 0.483 bits per heavy atom. The van der Waals surface area contributed by atoms with Crippen molar-refractivity contribution in [3.05, 3.63) is 0 Å². The van der Waals surface area contributed by atoms with Crippen LogP contribution in [0.2, 0.25) is 0 Å². The number of unbranched alkanes of at least 4 members (excludes halogenated alkanes) is 30. The van der Waals surface area contributed by atoms with Crippen molar-refractivity contribution in [3.63, 3.8) is 0 Å². The minimum absolute atomic E-state index is 0.0645. The zero-order valence-electron chi connectivity index (χ0n) is 41.3. The Balaban J connectivity index is 4.32. The van der Waals surface area contributed by atoms with Crippen LogP contribution < -0.4 is 0 Å². The predicted octanol–water partition coefficient (Wildman–Crippen LogP) is 17.2. The van der Waals surface area contributed by atoms with Crippen LogP contribution in [0.4, 0.5) is 0 Å². The number of esters is 3. The van der Waals surface area contributed by atoms with Gasteiger partial charge in [0.2, 0.25) is 0 Å². The summed E-state index contributed by atoms with van der Waals surface area (Å²) in [5, 5.41) is 0. The van der Waals surface area contributed by atoms with Gasteiger partial charge < -0.3 is 14.2 Å². The third kappa shape index (κ3) is 47.5. The molecule has 0 amide bonds. The summed E-state index contributed by atoms with van der Waals surface area (Å²) in [5.41, 5.74) is 0. The van der Waals surface area contributed by atoms with Gasteiger partial charge in [0.05, 0.1) is 0 Å². The van der Waals surface area contributed by atoms with Crippen LogP contribution in [0.15, 0.2) is 0 Å². The van der Waals surface area contributed by atoms with E-state index in [9.17, 15) is 14.4 Å². The Bertz CT molecular complexity index is 929. The molecule has 0 aliphatic carbocycles. The lowest BCUT2D eigenvalue weighted by Gasteiger charge is -2.18. The minimum atomic E-state index is -0.763. The van der Waals surface area contributed by atoms with Crippen molar-refractivity contribution in [3.8, 4) is 0 Å². The topological polar surface area (TPSA) is 78.9 Å². The highest BCUT2D eigenvalue weighted by atomic mass is 16.6. The van der Waals surface area contributed by atoms with Gasteiger partial charge in [-0.2, -0.15) is 0 Å². The van der Waals surface area contributed by atoms with E-state index in [-0.39, 0.29) is 31.1 Å².